The van der Waals surface area contributed by atoms with Crippen LogP contribution in [0, 0.1) is 0 Å². The highest BCUT2D eigenvalue weighted by Gasteiger charge is 2.16. The van der Waals surface area contributed by atoms with Crippen LogP contribution >= 0.6 is 11.6 Å². The van der Waals surface area contributed by atoms with Gasteiger partial charge < -0.3 is 20.6 Å². The summed E-state index contributed by atoms with van der Waals surface area (Å²) >= 11 is 5.82. The van der Waals surface area contributed by atoms with E-state index >= 15 is 0 Å². The summed E-state index contributed by atoms with van der Waals surface area (Å²) in [6, 6.07) is 11.6. The summed E-state index contributed by atoms with van der Waals surface area (Å²) in [5.74, 6) is -1.88. The van der Waals surface area contributed by atoms with Crippen LogP contribution < -0.4 is 15.5 Å². The number of rotatable bonds is 3. The van der Waals surface area contributed by atoms with E-state index in [0.717, 1.165) is 18.8 Å². The zero-order valence-corrected chi connectivity index (χ0v) is 14.9. The van der Waals surface area contributed by atoms with E-state index in [1.807, 2.05) is 12.1 Å². The van der Waals surface area contributed by atoms with Crippen LogP contribution in [0.15, 0.2) is 42.5 Å². The monoisotopic (exact) mass is 373 g/mol. The molecule has 2 amide bonds. The van der Waals surface area contributed by atoms with Gasteiger partial charge in [-0.2, -0.15) is 0 Å². The highest BCUT2D eigenvalue weighted by atomic mass is 35.5. The van der Waals surface area contributed by atoms with Crippen molar-refractivity contribution < 1.29 is 14.7 Å². The lowest BCUT2D eigenvalue weighted by molar-refractivity contribution is -0.133. The molecule has 0 radical (unpaired) electrons. The lowest BCUT2D eigenvalue weighted by atomic mass is 10.1. The van der Waals surface area contributed by atoms with Gasteiger partial charge >= 0.3 is 11.8 Å². The van der Waals surface area contributed by atoms with Gasteiger partial charge in [0.2, 0.25) is 0 Å². The molecule has 0 aromatic heterocycles. The SMILES string of the molecule is O=C(Nc1ccc(N2CCCCC2)cc1)C(=O)Nc1cc(Cl)ccc1O. The molecule has 136 valence electrons. The summed E-state index contributed by atoms with van der Waals surface area (Å²) in [6.45, 7) is 2.08. The van der Waals surface area contributed by atoms with Crippen LogP contribution in [-0.2, 0) is 9.59 Å². The van der Waals surface area contributed by atoms with Crippen molar-refractivity contribution in [3.05, 3.63) is 47.5 Å². The van der Waals surface area contributed by atoms with Crippen LogP contribution in [0.1, 0.15) is 19.3 Å². The third-order valence-electron chi connectivity index (χ3n) is 4.26. The summed E-state index contributed by atoms with van der Waals surface area (Å²) in [7, 11) is 0. The molecular weight excluding hydrogens is 354 g/mol. The number of anilines is 3. The van der Waals surface area contributed by atoms with E-state index in [2.05, 4.69) is 15.5 Å². The maximum atomic E-state index is 12.1. The molecule has 3 N–H and O–H groups in total. The Labute approximate surface area is 156 Å². The number of phenolic OH excluding ortho intramolecular Hbond substituents is 1. The largest absolute Gasteiger partial charge is 0.506 e. The van der Waals surface area contributed by atoms with Gasteiger partial charge in [0, 0.05) is 29.5 Å². The number of halogens is 1. The standard InChI is InChI=1S/C19H20ClN3O3/c20-13-4-9-17(24)16(12-13)22-19(26)18(25)21-14-5-7-15(8-6-14)23-10-2-1-3-11-23/h4-9,12,24H,1-3,10-11H2,(H,21,25)(H,22,26). The molecule has 1 aliphatic rings. The molecule has 0 unspecified atom stereocenters. The first-order valence-electron chi connectivity index (χ1n) is 8.49. The topological polar surface area (TPSA) is 81.7 Å². The molecule has 0 aliphatic carbocycles. The van der Waals surface area contributed by atoms with E-state index in [1.54, 1.807) is 12.1 Å². The Morgan fingerprint density at radius 1 is 0.923 bits per heavy atom. The van der Waals surface area contributed by atoms with Gasteiger partial charge in [-0.05, 0) is 61.7 Å². The van der Waals surface area contributed by atoms with Gasteiger partial charge in [-0.15, -0.1) is 0 Å². The summed E-state index contributed by atoms with van der Waals surface area (Å²) < 4.78 is 0. The van der Waals surface area contributed by atoms with E-state index < -0.39 is 11.8 Å². The van der Waals surface area contributed by atoms with Crippen molar-refractivity contribution in [1.29, 1.82) is 0 Å². The van der Waals surface area contributed by atoms with Crippen LogP contribution in [0.3, 0.4) is 0 Å². The molecule has 1 aliphatic heterocycles. The molecule has 0 spiro atoms. The molecule has 6 nitrogen and oxygen atoms in total. The molecule has 1 fully saturated rings. The molecule has 0 saturated carbocycles. The van der Waals surface area contributed by atoms with Gasteiger partial charge in [-0.1, -0.05) is 11.6 Å². The summed E-state index contributed by atoms with van der Waals surface area (Å²) in [5, 5.41) is 14.9. The van der Waals surface area contributed by atoms with Crippen molar-refractivity contribution in [2.75, 3.05) is 28.6 Å². The second-order valence-electron chi connectivity index (χ2n) is 6.16. The Kier molecular flexibility index (Phi) is 5.63. The third-order valence-corrected chi connectivity index (χ3v) is 4.49. The normalized spacial score (nSPS) is 14.0. The Bertz CT molecular complexity index is 802. The number of amides is 2. The second kappa shape index (κ2) is 8.10. The highest BCUT2D eigenvalue weighted by molar-refractivity contribution is 6.44. The molecule has 0 bridgehead atoms. The molecule has 1 saturated heterocycles. The molecule has 26 heavy (non-hydrogen) atoms. The number of carbonyl (C=O) groups excluding carboxylic acids is 2. The van der Waals surface area contributed by atoms with Crippen molar-refractivity contribution in [1.82, 2.24) is 0 Å². The molecule has 3 rings (SSSR count). The van der Waals surface area contributed by atoms with Gasteiger partial charge in [0.1, 0.15) is 5.75 Å². The molecule has 0 atom stereocenters. The van der Waals surface area contributed by atoms with Gasteiger partial charge in [0.15, 0.2) is 0 Å². The maximum absolute atomic E-state index is 12.1. The number of hydrogen-bond donors (Lipinski definition) is 3. The minimum absolute atomic E-state index is 0.0816. The zero-order chi connectivity index (χ0) is 18.5. The van der Waals surface area contributed by atoms with Crippen LogP contribution in [0.2, 0.25) is 5.02 Å². The van der Waals surface area contributed by atoms with Gasteiger partial charge in [0.25, 0.3) is 0 Å². The van der Waals surface area contributed by atoms with Crippen LogP contribution in [0.25, 0.3) is 0 Å². The van der Waals surface area contributed by atoms with Crippen LogP contribution in [0.4, 0.5) is 17.1 Å². The van der Waals surface area contributed by atoms with Gasteiger partial charge in [-0.25, -0.2) is 0 Å². The first-order valence-corrected chi connectivity index (χ1v) is 8.86. The number of benzene rings is 2. The predicted molar refractivity (Wildman–Crippen MR) is 103 cm³/mol. The number of hydrogen-bond acceptors (Lipinski definition) is 4. The first-order chi connectivity index (χ1) is 12.5. The number of phenols is 1. The minimum Gasteiger partial charge on any atom is -0.506 e. The smallest absolute Gasteiger partial charge is 0.314 e. The highest BCUT2D eigenvalue weighted by Crippen LogP contribution is 2.26. The average Bonchev–Trinajstić information content (AvgIpc) is 2.66. The minimum atomic E-state index is -0.886. The Morgan fingerprint density at radius 2 is 1.58 bits per heavy atom. The Hall–Kier alpha value is -2.73. The fourth-order valence-electron chi connectivity index (χ4n) is 2.88. The third kappa shape index (κ3) is 4.46. The summed E-state index contributed by atoms with van der Waals surface area (Å²) in [6.07, 6.45) is 3.64. The summed E-state index contributed by atoms with van der Waals surface area (Å²) in [4.78, 5) is 26.4. The van der Waals surface area contributed by atoms with Crippen molar-refractivity contribution in [2.45, 2.75) is 19.3 Å². The van der Waals surface area contributed by atoms with Crippen molar-refractivity contribution >= 4 is 40.5 Å². The molecule has 2 aromatic carbocycles. The lowest BCUT2D eigenvalue weighted by Gasteiger charge is -2.28. The van der Waals surface area contributed by atoms with E-state index in [9.17, 15) is 14.7 Å². The number of nitrogens with zero attached hydrogens (tertiary/aromatic N) is 1. The first kappa shape index (κ1) is 18.1. The fourth-order valence-corrected chi connectivity index (χ4v) is 3.06. The molecule has 2 aromatic rings. The van der Waals surface area contributed by atoms with E-state index in [0.29, 0.717) is 10.7 Å². The van der Waals surface area contributed by atoms with E-state index in [1.165, 1.54) is 37.5 Å². The van der Waals surface area contributed by atoms with Gasteiger partial charge in [-0.3, -0.25) is 9.59 Å². The molecule has 7 heteroatoms. The van der Waals surface area contributed by atoms with E-state index in [4.69, 9.17) is 11.6 Å². The predicted octanol–water partition coefficient (Wildman–Crippen LogP) is 3.61. The van der Waals surface area contributed by atoms with E-state index in [-0.39, 0.29) is 11.4 Å². The summed E-state index contributed by atoms with van der Waals surface area (Å²) in [5.41, 5.74) is 1.72. The lowest BCUT2D eigenvalue weighted by Crippen LogP contribution is -2.30. The second-order valence-corrected chi connectivity index (χ2v) is 6.60. The Morgan fingerprint density at radius 3 is 2.27 bits per heavy atom. The molecular formula is C19H20ClN3O3. The number of piperidine rings is 1. The average molecular weight is 374 g/mol. The van der Waals surface area contributed by atoms with Crippen molar-refractivity contribution in [3.8, 4) is 5.75 Å². The van der Waals surface area contributed by atoms with Crippen molar-refractivity contribution in [2.24, 2.45) is 0 Å². The van der Waals surface area contributed by atoms with Crippen molar-refractivity contribution in [3.63, 3.8) is 0 Å². The fraction of sp³-hybridized carbons (Fsp3) is 0.263. The number of nitrogens with one attached hydrogen (secondary N) is 2. The quantitative estimate of drug-likeness (QED) is 0.567. The number of aromatic hydroxyl groups is 1. The van der Waals surface area contributed by atoms with Crippen LogP contribution in [0.5, 0.6) is 5.75 Å². The van der Waals surface area contributed by atoms with Gasteiger partial charge in [0.05, 0.1) is 5.69 Å². The zero-order valence-electron chi connectivity index (χ0n) is 14.2. The number of carbonyl (C=O) groups is 2. The molecule has 1 heterocycles. The van der Waals surface area contributed by atoms with Crippen LogP contribution in [-0.4, -0.2) is 30.0 Å². The maximum Gasteiger partial charge on any atom is 0.314 e. The Balaban J connectivity index is 1.60.